The molecule has 3 heterocycles. The Kier molecular flexibility index (Phi) is 6.17. The van der Waals surface area contributed by atoms with Crippen LogP contribution in [0.5, 0.6) is 0 Å². The van der Waals surface area contributed by atoms with E-state index < -0.39 is 17.7 Å². The normalized spacial score (nSPS) is 18.1. The number of hydrogen-bond acceptors (Lipinski definition) is 5. The van der Waals surface area contributed by atoms with Crippen molar-refractivity contribution in [2.45, 2.75) is 26.3 Å². The SMILES string of the molecule is COCCCN1C(=O)C(=O)C(=C(O)c2nc3c(C)cccn3c2C)C1c1cccc(Br)c1. The Bertz CT molecular complexity index is 1250. The van der Waals surface area contributed by atoms with Gasteiger partial charge in [0.15, 0.2) is 5.76 Å². The zero-order valence-corrected chi connectivity index (χ0v) is 19.7. The van der Waals surface area contributed by atoms with Gasteiger partial charge in [0.2, 0.25) is 0 Å². The van der Waals surface area contributed by atoms with Crippen LogP contribution in [0.25, 0.3) is 11.4 Å². The maximum atomic E-state index is 13.1. The highest BCUT2D eigenvalue weighted by Gasteiger charge is 2.46. The molecule has 1 unspecified atom stereocenters. The van der Waals surface area contributed by atoms with Gasteiger partial charge >= 0.3 is 0 Å². The number of aliphatic hydroxyl groups excluding tert-OH is 1. The molecule has 1 saturated heterocycles. The van der Waals surface area contributed by atoms with Crippen molar-refractivity contribution in [3.05, 3.63) is 75.2 Å². The summed E-state index contributed by atoms with van der Waals surface area (Å²) in [6.07, 6.45) is 2.43. The van der Waals surface area contributed by atoms with E-state index in [-0.39, 0.29) is 11.3 Å². The lowest BCUT2D eigenvalue weighted by Gasteiger charge is -2.25. The standard InChI is InChI=1S/C24H24BrN3O4/c1-14-7-5-10-27-15(2)19(26-23(14)27)21(29)18-20(16-8-4-9-17(25)13-16)28(11-6-12-32-3)24(31)22(18)30/h4-5,7-10,13,20,29H,6,11-12H2,1-3H3. The molecule has 1 atom stereocenters. The molecule has 1 fully saturated rings. The second-order valence-corrected chi connectivity index (χ2v) is 8.74. The number of ketones is 1. The predicted octanol–water partition coefficient (Wildman–Crippen LogP) is 4.17. The number of carbonyl (C=O) groups excluding carboxylic acids is 2. The van der Waals surface area contributed by atoms with Crippen LogP contribution in [-0.4, -0.2) is 51.3 Å². The Morgan fingerprint density at radius 1 is 1.22 bits per heavy atom. The number of aromatic nitrogens is 2. The zero-order chi connectivity index (χ0) is 23.0. The number of likely N-dealkylation sites (tertiary alicyclic amines) is 1. The lowest BCUT2D eigenvalue weighted by Crippen LogP contribution is -2.31. The minimum atomic E-state index is -0.713. The Labute approximate surface area is 194 Å². The Morgan fingerprint density at radius 2 is 2.00 bits per heavy atom. The number of nitrogens with zero attached hydrogens (tertiary/aromatic N) is 3. The van der Waals surface area contributed by atoms with Crippen LogP contribution in [0.15, 0.2) is 52.6 Å². The molecule has 0 spiro atoms. The fourth-order valence-corrected chi connectivity index (χ4v) is 4.60. The number of amides is 1. The van der Waals surface area contributed by atoms with Crippen LogP contribution in [0, 0.1) is 13.8 Å². The van der Waals surface area contributed by atoms with Crippen molar-refractivity contribution in [2.24, 2.45) is 0 Å². The van der Waals surface area contributed by atoms with E-state index in [2.05, 4.69) is 20.9 Å². The molecule has 1 N–H and O–H groups in total. The van der Waals surface area contributed by atoms with E-state index in [0.717, 1.165) is 15.6 Å². The van der Waals surface area contributed by atoms with Gasteiger partial charge in [-0.1, -0.05) is 34.1 Å². The van der Waals surface area contributed by atoms with Gasteiger partial charge in [-0.2, -0.15) is 0 Å². The van der Waals surface area contributed by atoms with Crippen molar-refractivity contribution in [1.29, 1.82) is 0 Å². The number of halogens is 1. The van der Waals surface area contributed by atoms with Crippen molar-refractivity contribution in [1.82, 2.24) is 14.3 Å². The topological polar surface area (TPSA) is 84.1 Å². The summed E-state index contributed by atoms with van der Waals surface area (Å²) in [7, 11) is 1.59. The van der Waals surface area contributed by atoms with E-state index in [9.17, 15) is 14.7 Å². The van der Waals surface area contributed by atoms with Crippen LogP contribution in [0.1, 0.15) is 35.0 Å². The minimum absolute atomic E-state index is 0.0506. The highest BCUT2D eigenvalue weighted by molar-refractivity contribution is 9.10. The molecule has 0 saturated carbocycles. The fraction of sp³-hybridized carbons (Fsp3) is 0.292. The van der Waals surface area contributed by atoms with Crippen LogP contribution in [0.2, 0.25) is 0 Å². The molecule has 0 aliphatic carbocycles. The molecule has 1 aromatic carbocycles. The van der Waals surface area contributed by atoms with Crippen molar-refractivity contribution < 1.29 is 19.4 Å². The number of ether oxygens (including phenoxy) is 1. The molecule has 166 valence electrons. The van der Waals surface area contributed by atoms with E-state index >= 15 is 0 Å². The molecule has 1 aliphatic heterocycles. The largest absolute Gasteiger partial charge is 0.505 e. The molecule has 0 bridgehead atoms. The number of fused-ring (bicyclic) bond motifs is 1. The molecule has 3 aromatic rings. The summed E-state index contributed by atoms with van der Waals surface area (Å²) >= 11 is 3.47. The third kappa shape index (κ3) is 3.73. The van der Waals surface area contributed by atoms with E-state index in [1.807, 2.05) is 60.8 Å². The van der Waals surface area contributed by atoms with Crippen LogP contribution in [-0.2, 0) is 14.3 Å². The molecular formula is C24H24BrN3O4. The quantitative estimate of drug-likeness (QED) is 0.239. The number of pyridine rings is 1. The number of aliphatic hydroxyl groups is 1. The fourth-order valence-electron chi connectivity index (χ4n) is 4.19. The highest BCUT2D eigenvalue weighted by Crippen LogP contribution is 2.40. The number of carbonyl (C=O) groups is 2. The van der Waals surface area contributed by atoms with Gasteiger partial charge in [-0.3, -0.25) is 9.59 Å². The number of hydrogen-bond donors (Lipinski definition) is 1. The van der Waals surface area contributed by atoms with Gasteiger partial charge in [-0.05, 0) is 49.6 Å². The van der Waals surface area contributed by atoms with E-state index in [0.29, 0.717) is 36.6 Å². The maximum Gasteiger partial charge on any atom is 0.295 e. The number of Topliss-reactive ketones (excluding diaryl/α,β-unsaturated/α-hetero) is 1. The second-order valence-electron chi connectivity index (χ2n) is 7.82. The Balaban J connectivity index is 1.91. The summed E-state index contributed by atoms with van der Waals surface area (Å²) in [5, 5.41) is 11.3. The van der Waals surface area contributed by atoms with Crippen LogP contribution in [0.4, 0.5) is 0 Å². The molecule has 7 nitrogen and oxygen atoms in total. The first-order chi connectivity index (χ1) is 15.3. The summed E-state index contributed by atoms with van der Waals surface area (Å²) in [6.45, 7) is 4.55. The number of imidazole rings is 1. The summed E-state index contributed by atoms with van der Waals surface area (Å²) < 4.78 is 7.81. The second kappa shape index (κ2) is 8.88. The Hall–Kier alpha value is -2.97. The third-order valence-corrected chi connectivity index (χ3v) is 6.25. The van der Waals surface area contributed by atoms with Crippen LogP contribution < -0.4 is 0 Å². The first-order valence-corrected chi connectivity index (χ1v) is 11.1. The first-order valence-electron chi connectivity index (χ1n) is 10.3. The molecule has 1 aliphatic rings. The highest BCUT2D eigenvalue weighted by atomic mass is 79.9. The van der Waals surface area contributed by atoms with Crippen molar-refractivity contribution in [2.75, 3.05) is 20.3 Å². The smallest absolute Gasteiger partial charge is 0.295 e. The van der Waals surface area contributed by atoms with Gasteiger partial charge in [0.25, 0.3) is 11.7 Å². The summed E-state index contributed by atoms with van der Waals surface area (Å²) in [5.74, 6) is -1.61. The third-order valence-electron chi connectivity index (χ3n) is 5.76. The molecule has 1 amide bonds. The predicted molar refractivity (Wildman–Crippen MR) is 124 cm³/mol. The Morgan fingerprint density at radius 3 is 2.69 bits per heavy atom. The summed E-state index contributed by atoms with van der Waals surface area (Å²) in [5.41, 5.74) is 3.41. The van der Waals surface area contributed by atoms with E-state index in [4.69, 9.17) is 4.74 Å². The number of benzene rings is 1. The molecule has 8 heteroatoms. The monoisotopic (exact) mass is 497 g/mol. The van der Waals surface area contributed by atoms with Crippen molar-refractivity contribution >= 4 is 39.0 Å². The van der Waals surface area contributed by atoms with Gasteiger partial charge in [0.05, 0.1) is 17.3 Å². The number of aryl methyl sites for hydroxylation is 2. The van der Waals surface area contributed by atoms with Gasteiger partial charge in [-0.25, -0.2) is 4.98 Å². The van der Waals surface area contributed by atoms with Gasteiger partial charge < -0.3 is 19.1 Å². The molecule has 32 heavy (non-hydrogen) atoms. The molecule has 4 rings (SSSR count). The van der Waals surface area contributed by atoms with Crippen LogP contribution in [0.3, 0.4) is 0 Å². The lowest BCUT2D eigenvalue weighted by atomic mass is 9.96. The summed E-state index contributed by atoms with van der Waals surface area (Å²) in [4.78, 5) is 32.2. The van der Waals surface area contributed by atoms with Gasteiger partial charge in [0.1, 0.15) is 11.3 Å². The van der Waals surface area contributed by atoms with Gasteiger partial charge in [-0.15, -0.1) is 0 Å². The number of methoxy groups -OCH3 is 1. The molecule has 0 radical (unpaired) electrons. The average Bonchev–Trinajstić information content (AvgIpc) is 3.24. The van der Waals surface area contributed by atoms with Crippen molar-refractivity contribution in [3.63, 3.8) is 0 Å². The zero-order valence-electron chi connectivity index (χ0n) is 18.1. The number of rotatable bonds is 6. The van der Waals surface area contributed by atoms with Gasteiger partial charge in [0, 0.05) is 30.9 Å². The molecular weight excluding hydrogens is 474 g/mol. The molecule has 2 aromatic heterocycles. The van der Waals surface area contributed by atoms with E-state index in [1.54, 1.807) is 7.11 Å². The van der Waals surface area contributed by atoms with E-state index in [1.165, 1.54) is 4.90 Å². The first kappa shape index (κ1) is 22.2. The minimum Gasteiger partial charge on any atom is -0.505 e. The lowest BCUT2D eigenvalue weighted by molar-refractivity contribution is -0.140. The maximum absolute atomic E-state index is 13.1. The van der Waals surface area contributed by atoms with Crippen LogP contribution >= 0.6 is 15.9 Å². The van der Waals surface area contributed by atoms with Crippen molar-refractivity contribution in [3.8, 4) is 0 Å². The summed E-state index contributed by atoms with van der Waals surface area (Å²) in [6, 6.07) is 10.5. The average molecular weight is 498 g/mol.